The first-order valence-corrected chi connectivity index (χ1v) is 9.19. The number of halogens is 3. The van der Waals surface area contributed by atoms with Gasteiger partial charge in [-0.15, -0.1) is 11.8 Å². The van der Waals surface area contributed by atoms with Crippen molar-refractivity contribution in [1.82, 2.24) is 4.90 Å². The lowest BCUT2D eigenvalue weighted by molar-refractivity contribution is -0.148. The number of benzene rings is 1. The van der Waals surface area contributed by atoms with Gasteiger partial charge in [-0.2, -0.15) is 13.2 Å². The molecule has 0 spiro atoms. The molecule has 1 saturated heterocycles. The lowest BCUT2D eigenvalue weighted by Gasteiger charge is -2.32. The maximum Gasteiger partial charge on any atom is 0.401 e. The Morgan fingerprint density at radius 3 is 2.50 bits per heavy atom. The largest absolute Gasteiger partial charge is 0.462 e. The molecule has 1 aliphatic heterocycles. The summed E-state index contributed by atoms with van der Waals surface area (Å²) in [5.41, 5.74) is 5.48. The Labute approximate surface area is 154 Å². The van der Waals surface area contributed by atoms with Crippen molar-refractivity contribution in [3.05, 3.63) is 29.8 Å². The van der Waals surface area contributed by atoms with E-state index in [9.17, 15) is 22.8 Å². The minimum absolute atomic E-state index is 0.0499. The average molecular weight is 390 g/mol. The molecule has 1 aromatic rings. The van der Waals surface area contributed by atoms with E-state index in [2.05, 4.69) is 0 Å². The number of hydrogen-bond donors (Lipinski definition) is 1. The van der Waals surface area contributed by atoms with Gasteiger partial charge in [0.1, 0.15) is 0 Å². The minimum Gasteiger partial charge on any atom is -0.462 e. The zero-order valence-corrected chi connectivity index (χ0v) is 14.9. The van der Waals surface area contributed by atoms with E-state index in [1.54, 1.807) is 24.3 Å². The third-order valence-electron chi connectivity index (χ3n) is 4.04. The number of primary amides is 1. The van der Waals surface area contributed by atoms with Gasteiger partial charge < -0.3 is 10.5 Å². The van der Waals surface area contributed by atoms with Gasteiger partial charge >= 0.3 is 12.1 Å². The summed E-state index contributed by atoms with van der Waals surface area (Å²) in [6.45, 7) is -0.0446. The molecule has 0 unspecified atom stereocenters. The van der Waals surface area contributed by atoms with E-state index >= 15 is 0 Å². The second-order valence-electron chi connectivity index (χ2n) is 6.18. The Kier molecular flexibility index (Phi) is 7.33. The van der Waals surface area contributed by atoms with Gasteiger partial charge in [-0.1, -0.05) is 12.1 Å². The molecule has 1 heterocycles. The number of carbonyl (C=O) groups excluding carboxylic acids is 2. The predicted octanol–water partition coefficient (Wildman–Crippen LogP) is 2.70. The lowest BCUT2D eigenvalue weighted by atomic mass is 9.98. The summed E-state index contributed by atoms with van der Waals surface area (Å²) >= 11 is 1.16. The molecule has 1 aromatic carbocycles. The van der Waals surface area contributed by atoms with Crippen LogP contribution in [-0.4, -0.2) is 54.9 Å². The number of piperidine rings is 1. The molecule has 0 aliphatic carbocycles. The number of nitrogens with zero attached hydrogens (tertiary/aromatic N) is 1. The first-order chi connectivity index (χ1) is 12.2. The second-order valence-corrected chi connectivity index (χ2v) is 7.20. The lowest BCUT2D eigenvalue weighted by Crippen LogP contribution is -2.40. The standard InChI is InChI=1S/C17H21F3N2O3S/c18-17(19,20)11-22-7-5-12(6-8-22)9-25-16(24)13-3-1-2-4-14(13)26-10-15(21)23/h1-4,12H,5-11H2,(H2,21,23). The molecule has 2 rings (SSSR count). The molecule has 1 aliphatic rings. The third-order valence-corrected chi connectivity index (χ3v) is 5.13. The molecular formula is C17H21F3N2O3S. The summed E-state index contributed by atoms with van der Waals surface area (Å²) in [6, 6.07) is 6.76. The molecule has 1 fully saturated rings. The van der Waals surface area contributed by atoms with Crippen LogP contribution in [-0.2, 0) is 9.53 Å². The third kappa shape index (κ3) is 6.87. The van der Waals surface area contributed by atoms with Crippen molar-refractivity contribution in [3.63, 3.8) is 0 Å². The number of nitrogens with two attached hydrogens (primary N) is 1. The number of carbonyl (C=O) groups is 2. The van der Waals surface area contributed by atoms with Crippen molar-refractivity contribution in [3.8, 4) is 0 Å². The molecule has 5 nitrogen and oxygen atoms in total. The maximum atomic E-state index is 12.4. The van der Waals surface area contributed by atoms with Gasteiger partial charge in [0.15, 0.2) is 0 Å². The highest BCUT2D eigenvalue weighted by atomic mass is 32.2. The van der Waals surface area contributed by atoms with Crippen molar-refractivity contribution in [2.45, 2.75) is 23.9 Å². The summed E-state index contributed by atoms with van der Waals surface area (Å²) in [7, 11) is 0. The van der Waals surface area contributed by atoms with Crippen molar-refractivity contribution >= 4 is 23.6 Å². The van der Waals surface area contributed by atoms with Gasteiger partial charge in [0.05, 0.1) is 24.5 Å². The van der Waals surface area contributed by atoms with Gasteiger partial charge in [0.2, 0.25) is 5.91 Å². The van der Waals surface area contributed by atoms with Gasteiger partial charge in [0.25, 0.3) is 0 Å². The highest BCUT2D eigenvalue weighted by molar-refractivity contribution is 8.00. The molecular weight excluding hydrogens is 369 g/mol. The topological polar surface area (TPSA) is 72.6 Å². The molecule has 0 bridgehead atoms. The summed E-state index contributed by atoms with van der Waals surface area (Å²) in [5.74, 6) is -0.880. The minimum atomic E-state index is -4.19. The van der Waals surface area contributed by atoms with Gasteiger partial charge in [-0.25, -0.2) is 4.79 Å². The van der Waals surface area contributed by atoms with Crippen LogP contribution in [0.15, 0.2) is 29.2 Å². The highest BCUT2D eigenvalue weighted by Crippen LogP contribution is 2.25. The fourth-order valence-electron chi connectivity index (χ4n) is 2.75. The van der Waals surface area contributed by atoms with Crippen LogP contribution in [0, 0.1) is 5.92 Å². The van der Waals surface area contributed by atoms with E-state index in [-0.39, 0.29) is 18.3 Å². The number of thioether (sulfide) groups is 1. The number of alkyl halides is 3. The number of ether oxygens (including phenoxy) is 1. The van der Waals surface area contributed by atoms with Crippen LogP contribution >= 0.6 is 11.8 Å². The Morgan fingerprint density at radius 2 is 1.88 bits per heavy atom. The van der Waals surface area contributed by atoms with E-state index in [0.717, 1.165) is 11.8 Å². The summed E-state index contributed by atoms with van der Waals surface area (Å²) in [4.78, 5) is 25.2. The molecule has 0 saturated carbocycles. The molecule has 144 valence electrons. The fourth-order valence-corrected chi connectivity index (χ4v) is 3.53. The van der Waals surface area contributed by atoms with Crippen molar-refractivity contribution in [1.29, 1.82) is 0 Å². The molecule has 0 radical (unpaired) electrons. The van der Waals surface area contributed by atoms with Crippen molar-refractivity contribution in [2.24, 2.45) is 11.7 Å². The van der Waals surface area contributed by atoms with Crippen LogP contribution in [0.1, 0.15) is 23.2 Å². The monoisotopic (exact) mass is 390 g/mol. The SMILES string of the molecule is NC(=O)CSc1ccccc1C(=O)OCC1CCN(CC(F)(F)F)CC1. The normalized spacial score (nSPS) is 16.4. The Balaban J connectivity index is 1.82. The van der Waals surface area contributed by atoms with Gasteiger partial charge in [0, 0.05) is 4.90 Å². The van der Waals surface area contributed by atoms with Crippen LogP contribution in [0.25, 0.3) is 0 Å². The van der Waals surface area contributed by atoms with E-state index in [1.165, 1.54) is 4.90 Å². The fraction of sp³-hybridized carbons (Fsp3) is 0.529. The number of rotatable bonds is 7. The van der Waals surface area contributed by atoms with Crippen LogP contribution in [0.5, 0.6) is 0 Å². The van der Waals surface area contributed by atoms with E-state index < -0.39 is 24.6 Å². The molecule has 26 heavy (non-hydrogen) atoms. The maximum absolute atomic E-state index is 12.4. The zero-order chi connectivity index (χ0) is 19.2. The molecule has 0 aromatic heterocycles. The van der Waals surface area contributed by atoms with Crippen molar-refractivity contribution < 1.29 is 27.5 Å². The first kappa shape index (κ1) is 20.6. The molecule has 9 heteroatoms. The Hall–Kier alpha value is -1.74. The Bertz CT molecular complexity index is 632. The smallest absolute Gasteiger partial charge is 0.401 e. The van der Waals surface area contributed by atoms with Gasteiger partial charge in [-0.05, 0) is 44.0 Å². The summed E-state index contributed by atoms with van der Waals surface area (Å²) in [5, 5.41) is 0. The van der Waals surface area contributed by atoms with Crippen LogP contribution in [0.3, 0.4) is 0 Å². The van der Waals surface area contributed by atoms with Crippen LogP contribution in [0.4, 0.5) is 13.2 Å². The van der Waals surface area contributed by atoms with Gasteiger partial charge in [-0.3, -0.25) is 9.69 Å². The molecule has 2 N–H and O–H groups in total. The summed E-state index contributed by atoms with van der Waals surface area (Å²) in [6.07, 6.45) is -3.07. The van der Waals surface area contributed by atoms with E-state index in [4.69, 9.17) is 10.5 Å². The van der Waals surface area contributed by atoms with E-state index in [0.29, 0.717) is 36.4 Å². The van der Waals surface area contributed by atoms with Crippen LogP contribution in [0.2, 0.25) is 0 Å². The van der Waals surface area contributed by atoms with Crippen molar-refractivity contribution in [2.75, 3.05) is 32.0 Å². The Morgan fingerprint density at radius 1 is 1.23 bits per heavy atom. The zero-order valence-electron chi connectivity index (χ0n) is 14.1. The van der Waals surface area contributed by atoms with Crippen LogP contribution < -0.4 is 5.73 Å². The number of likely N-dealkylation sites (tertiary alicyclic amines) is 1. The number of hydrogen-bond acceptors (Lipinski definition) is 5. The average Bonchev–Trinajstić information content (AvgIpc) is 2.58. The number of amides is 1. The quantitative estimate of drug-likeness (QED) is 0.573. The summed E-state index contributed by atoms with van der Waals surface area (Å²) < 4.78 is 42.5. The van der Waals surface area contributed by atoms with E-state index in [1.807, 2.05) is 0 Å². The molecule has 1 amide bonds. The predicted molar refractivity (Wildman–Crippen MR) is 91.9 cm³/mol. The molecule has 0 atom stereocenters. The highest BCUT2D eigenvalue weighted by Gasteiger charge is 2.32. The second kappa shape index (κ2) is 9.27. The number of esters is 1. The first-order valence-electron chi connectivity index (χ1n) is 8.21.